The van der Waals surface area contributed by atoms with Gasteiger partial charge in [-0.1, -0.05) is 6.92 Å². The third-order valence-corrected chi connectivity index (χ3v) is 2.59. The second-order valence-electron chi connectivity index (χ2n) is 4.84. The number of carboxylic acid groups (broad SMARTS) is 1. The zero-order chi connectivity index (χ0) is 12.8. The number of nitrogens with two attached hydrogens (primary N) is 1. The fourth-order valence-electron chi connectivity index (χ4n) is 1.07. The molecule has 16 heavy (non-hydrogen) atoms. The van der Waals surface area contributed by atoms with Crippen LogP contribution in [0.3, 0.4) is 0 Å². The highest BCUT2D eigenvalue weighted by atomic mass is 16.4. The fourth-order valence-corrected chi connectivity index (χ4v) is 1.07. The SMILES string of the molecule is CC(CCC(=O)O)CNC(=O)C(C)(C)CN. The maximum Gasteiger partial charge on any atom is 0.303 e. The highest BCUT2D eigenvalue weighted by Crippen LogP contribution is 2.12. The Labute approximate surface area is 96.4 Å². The van der Waals surface area contributed by atoms with Gasteiger partial charge in [0.25, 0.3) is 0 Å². The van der Waals surface area contributed by atoms with Crippen LogP contribution in [0.2, 0.25) is 0 Å². The summed E-state index contributed by atoms with van der Waals surface area (Å²) in [6.07, 6.45) is 0.704. The largest absolute Gasteiger partial charge is 0.481 e. The lowest BCUT2D eigenvalue weighted by Gasteiger charge is -2.22. The number of carboxylic acids is 1. The average Bonchev–Trinajstić information content (AvgIpc) is 2.22. The molecule has 0 bridgehead atoms. The highest BCUT2D eigenvalue weighted by Gasteiger charge is 2.25. The van der Waals surface area contributed by atoms with Gasteiger partial charge in [-0.25, -0.2) is 0 Å². The van der Waals surface area contributed by atoms with Gasteiger partial charge in [-0.05, 0) is 26.2 Å². The number of carbonyl (C=O) groups is 2. The Hall–Kier alpha value is -1.10. The van der Waals surface area contributed by atoms with Crippen molar-refractivity contribution in [3.63, 3.8) is 0 Å². The van der Waals surface area contributed by atoms with Crippen molar-refractivity contribution in [3.8, 4) is 0 Å². The van der Waals surface area contributed by atoms with Gasteiger partial charge in [0.1, 0.15) is 0 Å². The molecule has 0 heterocycles. The first kappa shape index (κ1) is 14.9. The third-order valence-electron chi connectivity index (χ3n) is 2.59. The maximum absolute atomic E-state index is 11.6. The number of nitrogens with one attached hydrogen (secondary N) is 1. The zero-order valence-corrected chi connectivity index (χ0v) is 10.2. The van der Waals surface area contributed by atoms with Crippen molar-refractivity contribution in [2.75, 3.05) is 13.1 Å². The van der Waals surface area contributed by atoms with Gasteiger partial charge in [0.05, 0.1) is 5.41 Å². The number of hydrogen-bond acceptors (Lipinski definition) is 3. The Morgan fingerprint density at radius 1 is 1.44 bits per heavy atom. The van der Waals surface area contributed by atoms with Gasteiger partial charge in [0, 0.05) is 19.5 Å². The van der Waals surface area contributed by atoms with Crippen molar-refractivity contribution < 1.29 is 14.7 Å². The molecule has 1 unspecified atom stereocenters. The molecule has 0 rings (SSSR count). The minimum Gasteiger partial charge on any atom is -0.481 e. The Morgan fingerprint density at radius 2 is 2.00 bits per heavy atom. The van der Waals surface area contributed by atoms with E-state index in [9.17, 15) is 9.59 Å². The van der Waals surface area contributed by atoms with Crippen molar-refractivity contribution in [2.45, 2.75) is 33.6 Å². The quantitative estimate of drug-likeness (QED) is 0.596. The van der Waals surface area contributed by atoms with E-state index in [0.717, 1.165) is 0 Å². The number of hydrogen-bond donors (Lipinski definition) is 3. The summed E-state index contributed by atoms with van der Waals surface area (Å²) < 4.78 is 0. The summed E-state index contributed by atoms with van der Waals surface area (Å²) >= 11 is 0. The Kier molecular flexibility index (Phi) is 6.03. The van der Waals surface area contributed by atoms with Crippen LogP contribution in [0.15, 0.2) is 0 Å². The molecule has 0 aliphatic carbocycles. The van der Waals surface area contributed by atoms with Gasteiger partial charge in [0.15, 0.2) is 0 Å². The third kappa shape index (κ3) is 5.70. The normalized spacial score (nSPS) is 13.2. The molecule has 0 radical (unpaired) electrons. The van der Waals surface area contributed by atoms with Crippen LogP contribution in [0.25, 0.3) is 0 Å². The van der Waals surface area contributed by atoms with Crippen molar-refractivity contribution in [1.82, 2.24) is 5.32 Å². The molecule has 5 heteroatoms. The van der Waals surface area contributed by atoms with Gasteiger partial charge in [0.2, 0.25) is 5.91 Å². The first-order chi connectivity index (χ1) is 7.29. The monoisotopic (exact) mass is 230 g/mol. The molecule has 5 nitrogen and oxygen atoms in total. The molecule has 0 spiro atoms. The molecule has 0 aromatic heterocycles. The molecule has 1 amide bonds. The molecular weight excluding hydrogens is 208 g/mol. The van der Waals surface area contributed by atoms with Crippen molar-refractivity contribution in [3.05, 3.63) is 0 Å². The van der Waals surface area contributed by atoms with Crippen LogP contribution in [0.4, 0.5) is 0 Å². The van der Waals surface area contributed by atoms with E-state index in [1.54, 1.807) is 13.8 Å². The van der Waals surface area contributed by atoms with E-state index in [-0.39, 0.29) is 18.2 Å². The number of carbonyl (C=O) groups excluding carboxylic acids is 1. The number of rotatable bonds is 7. The minimum atomic E-state index is -0.805. The standard InChI is InChI=1S/C11H22N2O3/c1-8(4-5-9(14)15)6-13-10(16)11(2,3)7-12/h8H,4-7,12H2,1-3H3,(H,13,16)(H,14,15). The molecule has 0 aliphatic rings. The van der Waals surface area contributed by atoms with Crippen molar-refractivity contribution >= 4 is 11.9 Å². The van der Waals surface area contributed by atoms with Gasteiger partial charge < -0.3 is 16.2 Å². The second kappa shape index (κ2) is 6.48. The zero-order valence-electron chi connectivity index (χ0n) is 10.2. The molecule has 0 aliphatic heterocycles. The maximum atomic E-state index is 11.6. The summed E-state index contributed by atoms with van der Waals surface area (Å²) in [6.45, 7) is 6.27. The fraction of sp³-hybridized carbons (Fsp3) is 0.818. The first-order valence-electron chi connectivity index (χ1n) is 5.49. The lowest BCUT2D eigenvalue weighted by Crippen LogP contribution is -2.43. The van der Waals surface area contributed by atoms with E-state index in [4.69, 9.17) is 10.8 Å². The van der Waals surface area contributed by atoms with Crippen LogP contribution in [-0.2, 0) is 9.59 Å². The summed E-state index contributed by atoms with van der Waals surface area (Å²) in [5.74, 6) is -0.730. The van der Waals surface area contributed by atoms with Gasteiger partial charge in [-0.3, -0.25) is 9.59 Å². The van der Waals surface area contributed by atoms with Crippen molar-refractivity contribution in [2.24, 2.45) is 17.1 Å². The first-order valence-corrected chi connectivity index (χ1v) is 5.49. The number of aliphatic carboxylic acids is 1. The van der Waals surface area contributed by atoms with Crippen molar-refractivity contribution in [1.29, 1.82) is 0 Å². The van der Waals surface area contributed by atoms with Crippen LogP contribution in [0.1, 0.15) is 33.6 Å². The van der Waals surface area contributed by atoms with Crippen LogP contribution < -0.4 is 11.1 Å². The van der Waals surface area contributed by atoms with Gasteiger partial charge in [-0.2, -0.15) is 0 Å². The van der Waals surface area contributed by atoms with E-state index in [1.165, 1.54) is 0 Å². The summed E-state index contributed by atoms with van der Waals surface area (Å²) in [6, 6.07) is 0. The van der Waals surface area contributed by atoms with E-state index >= 15 is 0 Å². The summed E-state index contributed by atoms with van der Waals surface area (Å²) in [5, 5.41) is 11.3. The van der Waals surface area contributed by atoms with Crippen LogP contribution in [0, 0.1) is 11.3 Å². The molecule has 0 saturated heterocycles. The molecule has 4 N–H and O–H groups in total. The minimum absolute atomic E-state index is 0.0859. The molecule has 0 aromatic carbocycles. The molecule has 0 aromatic rings. The summed E-state index contributed by atoms with van der Waals surface area (Å²) in [7, 11) is 0. The number of amides is 1. The molecule has 1 atom stereocenters. The lowest BCUT2D eigenvalue weighted by molar-refractivity contribution is -0.137. The second-order valence-corrected chi connectivity index (χ2v) is 4.84. The Balaban J connectivity index is 3.88. The van der Waals surface area contributed by atoms with Crippen LogP contribution in [-0.4, -0.2) is 30.1 Å². The Bertz CT molecular complexity index is 252. The average molecular weight is 230 g/mol. The molecule has 0 saturated carbocycles. The molecular formula is C11H22N2O3. The smallest absolute Gasteiger partial charge is 0.303 e. The highest BCUT2D eigenvalue weighted by molar-refractivity contribution is 5.82. The Morgan fingerprint density at radius 3 is 2.44 bits per heavy atom. The summed E-state index contributed by atoms with van der Waals surface area (Å²) in [5.41, 5.74) is 4.91. The van der Waals surface area contributed by atoms with Crippen LogP contribution >= 0.6 is 0 Å². The van der Waals surface area contributed by atoms with Crippen LogP contribution in [0.5, 0.6) is 0 Å². The topological polar surface area (TPSA) is 92.4 Å². The van der Waals surface area contributed by atoms with E-state index < -0.39 is 11.4 Å². The summed E-state index contributed by atoms with van der Waals surface area (Å²) in [4.78, 5) is 22.0. The van der Waals surface area contributed by atoms with E-state index in [2.05, 4.69) is 5.32 Å². The van der Waals surface area contributed by atoms with Gasteiger partial charge >= 0.3 is 5.97 Å². The predicted molar refractivity (Wildman–Crippen MR) is 61.9 cm³/mol. The van der Waals surface area contributed by atoms with E-state index in [0.29, 0.717) is 19.5 Å². The molecule has 0 fully saturated rings. The van der Waals surface area contributed by atoms with Gasteiger partial charge in [-0.15, -0.1) is 0 Å². The van der Waals surface area contributed by atoms with E-state index in [1.807, 2.05) is 6.92 Å². The molecule has 94 valence electrons. The lowest BCUT2D eigenvalue weighted by atomic mass is 9.92. The predicted octanol–water partition coefficient (Wildman–Crippen LogP) is 0.588.